The van der Waals surface area contributed by atoms with E-state index in [0.29, 0.717) is 46.3 Å². The molecule has 0 saturated carbocycles. The Hall–Kier alpha value is -3.38. The lowest BCUT2D eigenvalue weighted by atomic mass is 10.1. The normalized spacial score (nSPS) is 14.9. The number of likely N-dealkylation sites (tertiary alicyclic amines) is 1. The first-order valence-electron chi connectivity index (χ1n) is 10.3. The summed E-state index contributed by atoms with van der Waals surface area (Å²) in [5, 5.41) is 14.5. The molecule has 0 aliphatic carbocycles. The quantitative estimate of drug-likeness (QED) is 0.563. The second-order valence-corrected chi connectivity index (χ2v) is 8.97. The van der Waals surface area contributed by atoms with Crippen LogP contribution in [0.25, 0.3) is 11.0 Å². The van der Waals surface area contributed by atoms with Gasteiger partial charge in [0.05, 0.1) is 28.9 Å². The fourth-order valence-corrected chi connectivity index (χ4v) is 3.79. The van der Waals surface area contributed by atoms with Crippen molar-refractivity contribution in [2.24, 2.45) is 0 Å². The van der Waals surface area contributed by atoms with E-state index in [2.05, 4.69) is 15.1 Å². The van der Waals surface area contributed by atoms with Crippen LogP contribution in [0.3, 0.4) is 0 Å². The molecule has 10 heteroatoms. The van der Waals surface area contributed by atoms with Gasteiger partial charge in [-0.25, -0.2) is 19.4 Å². The SMILES string of the molecule is CC(C)(C)OC(=O)N1CCC(n2ncc3c(Oc4ccc(C#N)cc4Cl)ncnc32)CC1. The van der Waals surface area contributed by atoms with Gasteiger partial charge in [0.25, 0.3) is 0 Å². The number of hydrogen-bond acceptors (Lipinski definition) is 7. The topological polar surface area (TPSA) is 106 Å². The lowest BCUT2D eigenvalue weighted by Crippen LogP contribution is -2.42. The Balaban J connectivity index is 1.51. The van der Waals surface area contributed by atoms with E-state index in [4.69, 9.17) is 26.3 Å². The van der Waals surface area contributed by atoms with Gasteiger partial charge in [-0.3, -0.25) is 0 Å². The van der Waals surface area contributed by atoms with Crippen molar-refractivity contribution < 1.29 is 14.3 Å². The third-order valence-electron chi connectivity index (χ3n) is 5.08. The molecule has 0 bridgehead atoms. The first-order valence-corrected chi connectivity index (χ1v) is 10.7. The summed E-state index contributed by atoms with van der Waals surface area (Å²) >= 11 is 6.23. The second-order valence-electron chi connectivity index (χ2n) is 8.56. The largest absolute Gasteiger partial charge is 0.444 e. The van der Waals surface area contributed by atoms with Crippen LogP contribution in [-0.2, 0) is 4.74 Å². The molecular weight excluding hydrogens is 432 g/mol. The molecule has 1 fully saturated rings. The summed E-state index contributed by atoms with van der Waals surface area (Å²) in [6.07, 6.45) is 4.26. The smallest absolute Gasteiger partial charge is 0.410 e. The lowest BCUT2D eigenvalue weighted by Gasteiger charge is -2.33. The molecule has 1 aromatic carbocycles. The van der Waals surface area contributed by atoms with Gasteiger partial charge in [-0.2, -0.15) is 10.4 Å². The zero-order valence-electron chi connectivity index (χ0n) is 18.1. The summed E-state index contributed by atoms with van der Waals surface area (Å²) in [6, 6.07) is 6.92. The highest BCUT2D eigenvalue weighted by atomic mass is 35.5. The molecule has 9 nitrogen and oxygen atoms in total. The molecule has 2 aromatic heterocycles. The molecule has 4 rings (SSSR count). The van der Waals surface area contributed by atoms with Gasteiger partial charge < -0.3 is 14.4 Å². The molecule has 0 radical (unpaired) electrons. The maximum absolute atomic E-state index is 12.3. The molecule has 166 valence electrons. The number of piperidine rings is 1. The minimum Gasteiger partial charge on any atom is -0.444 e. The minimum absolute atomic E-state index is 0.0902. The van der Waals surface area contributed by atoms with Gasteiger partial charge in [-0.1, -0.05) is 11.6 Å². The number of aromatic nitrogens is 4. The number of halogens is 1. The first-order chi connectivity index (χ1) is 15.2. The van der Waals surface area contributed by atoms with Crippen LogP contribution < -0.4 is 4.74 Å². The summed E-state index contributed by atoms with van der Waals surface area (Å²) < 4.78 is 13.2. The maximum Gasteiger partial charge on any atom is 0.410 e. The van der Waals surface area contributed by atoms with E-state index in [9.17, 15) is 4.79 Å². The molecule has 0 spiro atoms. The monoisotopic (exact) mass is 454 g/mol. The molecule has 0 unspecified atom stereocenters. The third-order valence-corrected chi connectivity index (χ3v) is 5.38. The fraction of sp³-hybridized carbons (Fsp3) is 0.409. The van der Waals surface area contributed by atoms with Crippen LogP contribution in [0.4, 0.5) is 4.79 Å². The summed E-state index contributed by atoms with van der Waals surface area (Å²) in [5.74, 6) is 0.725. The van der Waals surface area contributed by atoms with Gasteiger partial charge in [-0.15, -0.1) is 0 Å². The summed E-state index contributed by atoms with van der Waals surface area (Å²) in [5.41, 5.74) is 0.577. The van der Waals surface area contributed by atoms with E-state index in [1.54, 1.807) is 23.2 Å². The summed E-state index contributed by atoms with van der Waals surface area (Å²) in [6.45, 7) is 6.74. The Kier molecular flexibility index (Phi) is 5.89. The zero-order valence-corrected chi connectivity index (χ0v) is 18.8. The molecule has 1 amide bonds. The highest BCUT2D eigenvalue weighted by Gasteiger charge is 2.29. The number of ether oxygens (including phenoxy) is 2. The number of nitrogens with zero attached hydrogens (tertiary/aromatic N) is 6. The van der Waals surface area contributed by atoms with Gasteiger partial charge in [0, 0.05) is 13.1 Å². The van der Waals surface area contributed by atoms with Gasteiger partial charge in [-0.05, 0) is 51.8 Å². The van der Waals surface area contributed by atoms with Crippen molar-refractivity contribution in [2.45, 2.75) is 45.3 Å². The number of carbonyl (C=O) groups excluding carboxylic acids is 1. The van der Waals surface area contributed by atoms with Crippen molar-refractivity contribution in [1.82, 2.24) is 24.6 Å². The number of fused-ring (bicyclic) bond motifs is 1. The number of carbonyl (C=O) groups is 1. The van der Waals surface area contributed by atoms with E-state index < -0.39 is 5.60 Å². The minimum atomic E-state index is -0.517. The van der Waals surface area contributed by atoms with Gasteiger partial charge in [0.2, 0.25) is 5.88 Å². The zero-order chi connectivity index (χ0) is 22.9. The molecule has 3 heterocycles. The Morgan fingerprint density at radius 1 is 1.25 bits per heavy atom. The number of benzene rings is 1. The van der Waals surface area contributed by atoms with E-state index in [1.807, 2.05) is 31.5 Å². The van der Waals surface area contributed by atoms with Crippen LogP contribution in [0.2, 0.25) is 5.02 Å². The molecule has 0 N–H and O–H groups in total. The Labute approximate surface area is 190 Å². The second kappa shape index (κ2) is 8.63. The highest BCUT2D eigenvalue weighted by Crippen LogP contribution is 2.34. The van der Waals surface area contributed by atoms with Crippen LogP contribution in [0.1, 0.15) is 45.2 Å². The predicted molar refractivity (Wildman–Crippen MR) is 118 cm³/mol. The highest BCUT2D eigenvalue weighted by molar-refractivity contribution is 6.32. The summed E-state index contributed by atoms with van der Waals surface area (Å²) in [7, 11) is 0. The van der Waals surface area contributed by atoms with Crippen LogP contribution in [0.15, 0.2) is 30.7 Å². The van der Waals surface area contributed by atoms with Gasteiger partial charge >= 0.3 is 6.09 Å². The van der Waals surface area contributed by atoms with Crippen LogP contribution >= 0.6 is 11.6 Å². The number of rotatable bonds is 3. The predicted octanol–water partition coefficient (Wildman–Crippen LogP) is 4.72. The van der Waals surface area contributed by atoms with Crippen molar-refractivity contribution in [3.8, 4) is 17.7 Å². The third kappa shape index (κ3) is 4.60. The van der Waals surface area contributed by atoms with Crippen molar-refractivity contribution in [2.75, 3.05) is 13.1 Å². The molecule has 1 aliphatic rings. The van der Waals surface area contributed by atoms with Crippen LogP contribution in [0.5, 0.6) is 11.6 Å². The van der Waals surface area contributed by atoms with Crippen molar-refractivity contribution in [3.63, 3.8) is 0 Å². The van der Waals surface area contributed by atoms with E-state index in [0.717, 1.165) is 12.8 Å². The first kappa shape index (κ1) is 21.8. The van der Waals surface area contributed by atoms with Gasteiger partial charge in [0.1, 0.15) is 23.1 Å². The van der Waals surface area contributed by atoms with Crippen molar-refractivity contribution in [1.29, 1.82) is 5.26 Å². The Morgan fingerprint density at radius 3 is 2.66 bits per heavy atom. The standard InChI is InChI=1S/C22H23ClN6O3/c1-22(2,3)32-21(30)28-8-6-15(7-9-28)29-19-16(12-27-29)20(26-13-25-19)31-18-5-4-14(11-24)10-17(18)23/h4-5,10,12-13,15H,6-9H2,1-3H3. The maximum atomic E-state index is 12.3. The van der Waals surface area contributed by atoms with Crippen LogP contribution in [-0.4, -0.2) is 49.4 Å². The van der Waals surface area contributed by atoms with Crippen molar-refractivity contribution in [3.05, 3.63) is 41.3 Å². The molecular formula is C22H23ClN6O3. The van der Waals surface area contributed by atoms with E-state index >= 15 is 0 Å². The van der Waals surface area contributed by atoms with Crippen LogP contribution in [0, 0.1) is 11.3 Å². The molecule has 3 aromatic rings. The molecule has 1 aliphatic heterocycles. The summed E-state index contributed by atoms with van der Waals surface area (Å²) in [4.78, 5) is 22.7. The number of amides is 1. The van der Waals surface area contributed by atoms with Gasteiger partial charge in [0.15, 0.2) is 5.65 Å². The molecule has 0 atom stereocenters. The fourth-order valence-electron chi connectivity index (χ4n) is 3.57. The Bertz CT molecular complexity index is 1190. The van der Waals surface area contributed by atoms with E-state index in [-0.39, 0.29) is 12.1 Å². The average Bonchev–Trinajstić information content (AvgIpc) is 3.19. The average molecular weight is 455 g/mol. The molecule has 1 saturated heterocycles. The number of hydrogen-bond donors (Lipinski definition) is 0. The van der Waals surface area contributed by atoms with Crippen molar-refractivity contribution >= 4 is 28.7 Å². The number of nitriles is 1. The lowest BCUT2D eigenvalue weighted by molar-refractivity contribution is 0.0186. The molecule has 32 heavy (non-hydrogen) atoms. The Morgan fingerprint density at radius 2 is 2.00 bits per heavy atom. The van der Waals surface area contributed by atoms with E-state index in [1.165, 1.54) is 12.4 Å².